The third kappa shape index (κ3) is 7.39. The van der Waals surface area contributed by atoms with E-state index in [4.69, 9.17) is 15.5 Å². The fourth-order valence-corrected chi connectivity index (χ4v) is 4.78. The van der Waals surface area contributed by atoms with Gasteiger partial charge in [-0.25, -0.2) is 13.8 Å². The molecule has 3 rings (SSSR count). The Hall–Kier alpha value is -3.44. The van der Waals surface area contributed by atoms with Gasteiger partial charge in [0, 0.05) is 55.7 Å². The second kappa shape index (κ2) is 14.3. The van der Waals surface area contributed by atoms with Crippen molar-refractivity contribution >= 4 is 35.3 Å². The number of allylic oxidation sites excluding steroid dienone is 4. The number of amidine groups is 1. The number of aliphatic imine (C=N–C) groups is 2. The van der Waals surface area contributed by atoms with Gasteiger partial charge in [-0.2, -0.15) is 5.10 Å². The van der Waals surface area contributed by atoms with Gasteiger partial charge in [-0.15, -0.1) is 11.8 Å². The van der Waals surface area contributed by atoms with Crippen molar-refractivity contribution in [1.29, 1.82) is 0 Å². The molecule has 1 aromatic carbocycles. The predicted molar refractivity (Wildman–Crippen MR) is 162 cm³/mol. The molecular formula is C29H39F2N7OS. The average Bonchev–Trinajstić information content (AvgIpc) is 3.68. The molecule has 1 aromatic heterocycles. The lowest BCUT2D eigenvalue weighted by atomic mass is 9.89. The molecule has 4 N–H and O–H groups in total. The molecule has 1 aliphatic rings. The van der Waals surface area contributed by atoms with Gasteiger partial charge in [0.05, 0.1) is 12.3 Å². The molecule has 11 heteroatoms. The van der Waals surface area contributed by atoms with E-state index < -0.39 is 11.6 Å². The van der Waals surface area contributed by atoms with Gasteiger partial charge in [-0.3, -0.25) is 10.1 Å². The van der Waals surface area contributed by atoms with Gasteiger partial charge in [0.2, 0.25) is 0 Å². The summed E-state index contributed by atoms with van der Waals surface area (Å²) in [5.74, 6) is 0.349. The van der Waals surface area contributed by atoms with Gasteiger partial charge in [0.15, 0.2) is 17.5 Å². The van der Waals surface area contributed by atoms with Crippen molar-refractivity contribution in [2.24, 2.45) is 21.6 Å². The minimum absolute atomic E-state index is 0.172. The highest BCUT2D eigenvalue weighted by Gasteiger charge is 2.33. The lowest BCUT2D eigenvalue weighted by Gasteiger charge is -2.23. The molecule has 0 aliphatic heterocycles. The molecule has 0 spiro atoms. The average molecular weight is 572 g/mol. The Kier molecular flexibility index (Phi) is 11.1. The van der Waals surface area contributed by atoms with E-state index in [1.165, 1.54) is 28.8 Å². The van der Waals surface area contributed by atoms with E-state index >= 15 is 8.78 Å². The smallest absolute Gasteiger partial charge is 0.153 e. The highest BCUT2D eigenvalue weighted by Crippen LogP contribution is 2.45. The summed E-state index contributed by atoms with van der Waals surface area (Å²) in [6.45, 7) is 6.24. The zero-order valence-electron chi connectivity index (χ0n) is 24.2. The summed E-state index contributed by atoms with van der Waals surface area (Å²) >= 11 is 1.28. The number of nitrogens with zero attached hydrogens (tertiary/aromatic N) is 4. The Bertz CT molecular complexity index is 1330. The molecule has 0 radical (unpaired) electrons. The number of ether oxygens (including phenoxy) is 1. The van der Waals surface area contributed by atoms with Crippen LogP contribution in [0.25, 0.3) is 0 Å². The molecule has 0 bridgehead atoms. The SMILES string of the molecule is CC/C(C)=C(C(\C=NC)=C\N)/C(=C(\N=C(/C)N(C)c1c(F)cc(SC)cc1F)Nc1cc(COC)[nH]n1)C1CC1. The summed E-state index contributed by atoms with van der Waals surface area (Å²) in [5, 5.41) is 10.7. The van der Waals surface area contributed by atoms with Crippen LogP contribution in [0.15, 0.2) is 67.4 Å². The van der Waals surface area contributed by atoms with Crippen molar-refractivity contribution in [3.63, 3.8) is 0 Å². The number of hydrogen-bond acceptors (Lipinski definition) is 7. The molecule has 8 nitrogen and oxygen atoms in total. The van der Waals surface area contributed by atoms with E-state index in [0.717, 1.165) is 47.2 Å². The highest BCUT2D eigenvalue weighted by atomic mass is 32.2. The van der Waals surface area contributed by atoms with Gasteiger partial charge < -0.3 is 20.7 Å². The number of nitrogens with one attached hydrogen (secondary N) is 2. The minimum Gasteiger partial charge on any atom is -0.404 e. The Morgan fingerprint density at radius 1 is 1.27 bits per heavy atom. The molecule has 216 valence electrons. The summed E-state index contributed by atoms with van der Waals surface area (Å²) < 4.78 is 35.3. The second-order valence-electron chi connectivity index (χ2n) is 9.55. The van der Waals surface area contributed by atoms with Crippen LogP contribution < -0.4 is 16.0 Å². The van der Waals surface area contributed by atoms with Crippen molar-refractivity contribution in [2.75, 3.05) is 37.7 Å². The standard InChI is InChI=1S/C29H39F2N7OS/c1-8-17(2)26(20(14-32)15-33-4)27(19-9-10-19)29(35-25-11-21(16-39-6)36-37-25)34-18(3)38(5)28-23(30)12-22(40-7)13-24(28)31/h11-15,19H,8-10,16,32H2,1-7H3,(H2,35,36,37)/b20-14+,26-17+,29-27+,33-15?,34-18+. The van der Waals surface area contributed by atoms with Gasteiger partial charge in [-0.05, 0) is 63.0 Å². The molecule has 0 amide bonds. The van der Waals surface area contributed by atoms with E-state index in [-0.39, 0.29) is 11.6 Å². The molecule has 0 atom stereocenters. The number of methoxy groups -OCH3 is 1. The molecular weight excluding hydrogens is 532 g/mol. The Morgan fingerprint density at radius 3 is 2.48 bits per heavy atom. The van der Waals surface area contributed by atoms with Gasteiger partial charge in [-0.1, -0.05) is 12.5 Å². The van der Waals surface area contributed by atoms with E-state index in [9.17, 15) is 0 Å². The lowest BCUT2D eigenvalue weighted by Crippen LogP contribution is -2.26. The van der Waals surface area contributed by atoms with E-state index in [2.05, 4.69) is 34.4 Å². The minimum atomic E-state index is -0.659. The largest absolute Gasteiger partial charge is 0.404 e. The second-order valence-corrected chi connectivity index (χ2v) is 10.4. The van der Waals surface area contributed by atoms with Crippen molar-refractivity contribution < 1.29 is 13.5 Å². The van der Waals surface area contributed by atoms with Crippen LogP contribution in [-0.2, 0) is 11.3 Å². The summed E-state index contributed by atoms with van der Waals surface area (Å²) in [4.78, 5) is 11.1. The molecule has 0 unspecified atom stereocenters. The van der Waals surface area contributed by atoms with E-state index in [1.807, 2.05) is 6.07 Å². The van der Waals surface area contributed by atoms with Crippen molar-refractivity contribution in [1.82, 2.24) is 10.2 Å². The maximum absolute atomic E-state index is 15.0. The number of nitrogens with two attached hydrogens (primary N) is 1. The molecule has 2 aromatic rings. The van der Waals surface area contributed by atoms with Gasteiger partial charge in [0.1, 0.15) is 17.3 Å². The number of hydrogen-bond donors (Lipinski definition) is 3. The van der Waals surface area contributed by atoms with Crippen LogP contribution in [0.3, 0.4) is 0 Å². The first-order valence-electron chi connectivity index (χ1n) is 13.1. The van der Waals surface area contributed by atoms with Crippen LogP contribution in [0.5, 0.6) is 0 Å². The normalized spacial score (nSPS) is 15.8. The quantitative estimate of drug-likeness (QED) is 0.118. The lowest BCUT2D eigenvalue weighted by molar-refractivity contribution is 0.181. The van der Waals surface area contributed by atoms with Crippen molar-refractivity contribution in [3.8, 4) is 0 Å². The Balaban J connectivity index is 2.25. The first kappa shape index (κ1) is 31.1. The number of H-pyrrole nitrogens is 1. The van der Waals surface area contributed by atoms with Crippen LogP contribution in [0.2, 0.25) is 0 Å². The molecule has 0 saturated heterocycles. The van der Waals surface area contributed by atoms with Gasteiger partial charge in [0.25, 0.3) is 0 Å². The van der Waals surface area contributed by atoms with Crippen LogP contribution in [0.4, 0.5) is 20.3 Å². The van der Waals surface area contributed by atoms with Crippen LogP contribution in [-0.4, -0.2) is 49.7 Å². The Morgan fingerprint density at radius 2 is 1.95 bits per heavy atom. The van der Waals surface area contributed by atoms with E-state index in [0.29, 0.717) is 29.0 Å². The summed E-state index contributed by atoms with van der Waals surface area (Å²) in [7, 11) is 4.91. The molecule has 1 fully saturated rings. The molecule has 1 aliphatic carbocycles. The van der Waals surface area contributed by atoms with Crippen molar-refractivity contribution in [3.05, 3.63) is 69.8 Å². The number of anilines is 2. The first-order valence-corrected chi connectivity index (χ1v) is 14.3. The molecule has 1 heterocycles. The summed E-state index contributed by atoms with van der Waals surface area (Å²) in [6, 6.07) is 4.49. The maximum Gasteiger partial charge on any atom is 0.153 e. The number of halogens is 2. The predicted octanol–water partition coefficient (Wildman–Crippen LogP) is 6.41. The summed E-state index contributed by atoms with van der Waals surface area (Å²) in [5.41, 5.74) is 10.5. The summed E-state index contributed by atoms with van der Waals surface area (Å²) in [6.07, 6.45) is 7.79. The fourth-order valence-electron chi connectivity index (χ4n) is 4.34. The fraction of sp³-hybridized carbons (Fsp3) is 0.414. The Labute approximate surface area is 239 Å². The third-order valence-corrected chi connectivity index (χ3v) is 7.41. The maximum atomic E-state index is 15.0. The number of aromatic amines is 1. The molecule has 1 saturated carbocycles. The number of aromatic nitrogens is 2. The number of thioether (sulfide) groups is 1. The van der Waals surface area contributed by atoms with Gasteiger partial charge >= 0.3 is 0 Å². The topological polar surface area (TPSA) is 104 Å². The monoisotopic (exact) mass is 571 g/mol. The molecule has 40 heavy (non-hydrogen) atoms. The zero-order valence-corrected chi connectivity index (χ0v) is 25.0. The van der Waals surface area contributed by atoms with Crippen LogP contribution >= 0.6 is 11.8 Å². The first-order chi connectivity index (χ1) is 19.2. The van der Waals surface area contributed by atoms with Crippen LogP contribution in [0, 0.1) is 17.6 Å². The number of benzene rings is 1. The van der Waals surface area contributed by atoms with Crippen molar-refractivity contribution in [2.45, 2.75) is 51.5 Å². The zero-order chi connectivity index (χ0) is 29.4. The number of rotatable bonds is 12. The van der Waals surface area contributed by atoms with Crippen LogP contribution in [0.1, 0.15) is 45.7 Å². The third-order valence-electron chi connectivity index (χ3n) is 6.70. The van der Waals surface area contributed by atoms with E-state index in [1.54, 1.807) is 46.8 Å². The highest BCUT2D eigenvalue weighted by molar-refractivity contribution is 7.98.